The van der Waals surface area contributed by atoms with Crippen molar-refractivity contribution in [1.29, 1.82) is 0 Å². The van der Waals surface area contributed by atoms with Gasteiger partial charge in [-0.1, -0.05) is 0 Å². The lowest BCUT2D eigenvalue weighted by atomic mass is 9.96. The molecule has 0 amide bonds. The summed E-state index contributed by atoms with van der Waals surface area (Å²) in [6, 6.07) is -1.34. The third-order valence-electron chi connectivity index (χ3n) is 4.03. The summed E-state index contributed by atoms with van der Waals surface area (Å²) in [7, 11) is 0. The molecule has 0 aliphatic carbocycles. The van der Waals surface area contributed by atoms with E-state index in [-0.39, 0.29) is 0 Å². The predicted molar refractivity (Wildman–Crippen MR) is 71.1 cm³/mol. The standard InChI is InChI=1S/C12H21NO11/c13-3-5(16)4(15)2(1-14)22-12(3)24-8-6(17)7(18)11(21)23-9(8)10(19)20/h2-9,11-12,14-18,21H,1,13H2,(H,19,20)/t2-,3-,4-,5-,6-,7-,8+,9+,11-,12-/m1/s1. The molecule has 24 heavy (non-hydrogen) atoms. The molecule has 2 heterocycles. The lowest BCUT2D eigenvalue weighted by Crippen LogP contribution is -2.66. The molecule has 10 atom stereocenters. The third kappa shape index (κ3) is 3.52. The van der Waals surface area contributed by atoms with E-state index in [1.54, 1.807) is 0 Å². The highest BCUT2D eigenvalue weighted by molar-refractivity contribution is 5.73. The Labute approximate surface area is 135 Å². The smallest absolute Gasteiger partial charge is 0.335 e. The number of nitrogens with two attached hydrogens (primary N) is 1. The summed E-state index contributed by atoms with van der Waals surface area (Å²) >= 11 is 0. The van der Waals surface area contributed by atoms with E-state index < -0.39 is 73.9 Å². The molecule has 0 aromatic heterocycles. The summed E-state index contributed by atoms with van der Waals surface area (Å²) in [5, 5.41) is 66.7. The Bertz CT molecular complexity index is 449. The van der Waals surface area contributed by atoms with Crippen LogP contribution in [0.2, 0.25) is 0 Å². The summed E-state index contributed by atoms with van der Waals surface area (Å²) in [5.41, 5.74) is 5.65. The number of carbonyl (C=O) groups is 1. The highest BCUT2D eigenvalue weighted by Gasteiger charge is 2.51. The summed E-state index contributed by atoms with van der Waals surface area (Å²) in [6.45, 7) is -0.682. The largest absolute Gasteiger partial charge is 0.479 e. The SMILES string of the molecule is N[C@H]1[C@@H](O[C@H]2[C@H](O)[C@@H](O)[C@H](O)O[C@@H]2C(=O)O)O[C@H](CO)[C@@H](O)[C@@H]1O. The van der Waals surface area contributed by atoms with E-state index >= 15 is 0 Å². The summed E-state index contributed by atoms with van der Waals surface area (Å²) in [5.74, 6) is -1.59. The van der Waals surface area contributed by atoms with E-state index in [1.807, 2.05) is 0 Å². The van der Waals surface area contributed by atoms with Gasteiger partial charge in [-0.25, -0.2) is 4.79 Å². The Hall–Kier alpha value is -0.930. The molecule has 0 unspecified atom stereocenters. The zero-order valence-corrected chi connectivity index (χ0v) is 12.3. The van der Waals surface area contributed by atoms with Gasteiger partial charge in [0.2, 0.25) is 0 Å². The van der Waals surface area contributed by atoms with Crippen molar-refractivity contribution in [1.82, 2.24) is 0 Å². The van der Waals surface area contributed by atoms with Crippen LogP contribution in [0.25, 0.3) is 0 Å². The Morgan fingerprint density at radius 2 is 1.62 bits per heavy atom. The number of ether oxygens (including phenoxy) is 3. The van der Waals surface area contributed by atoms with Crippen LogP contribution >= 0.6 is 0 Å². The number of carboxylic acid groups (broad SMARTS) is 1. The molecule has 0 spiro atoms. The normalized spacial score (nSPS) is 49.8. The lowest BCUT2D eigenvalue weighted by molar-refractivity contribution is -0.333. The highest BCUT2D eigenvalue weighted by Crippen LogP contribution is 2.28. The van der Waals surface area contributed by atoms with Gasteiger partial charge in [0, 0.05) is 0 Å². The van der Waals surface area contributed by atoms with Crippen molar-refractivity contribution < 1.29 is 54.8 Å². The molecule has 0 saturated carbocycles. The molecule has 2 fully saturated rings. The molecule has 0 bridgehead atoms. The number of rotatable bonds is 4. The summed E-state index contributed by atoms with van der Waals surface area (Å²) in [4.78, 5) is 11.2. The van der Waals surface area contributed by atoms with Gasteiger partial charge in [-0.05, 0) is 0 Å². The first kappa shape index (κ1) is 19.4. The van der Waals surface area contributed by atoms with Gasteiger partial charge in [0.1, 0.15) is 36.6 Å². The van der Waals surface area contributed by atoms with Crippen LogP contribution < -0.4 is 5.73 Å². The molecule has 0 radical (unpaired) electrons. The zero-order valence-electron chi connectivity index (χ0n) is 12.3. The second-order valence-corrected chi connectivity index (χ2v) is 5.65. The molecule has 12 heteroatoms. The number of aliphatic hydroxyl groups excluding tert-OH is 6. The molecule has 2 aliphatic heterocycles. The molecule has 2 saturated heterocycles. The molecule has 0 aromatic carbocycles. The van der Waals surface area contributed by atoms with Crippen molar-refractivity contribution in [3.8, 4) is 0 Å². The van der Waals surface area contributed by atoms with E-state index in [0.717, 1.165) is 0 Å². The number of carboxylic acids is 1. The van der Waals surface area contributed by atoms with E-state index in [1.165, 1.54) is 0 Å². The maximum atomic E-state index is 11.2. The molecule has 140 valence electrons. The second-order valence-electron chi connectivity index (χ2n) is 5.65. The minimum absolute atomic E-state index is 0.682. The van der Waals surface area contributed by atoms with Crippen LogP contribution in [0.5, 0.6) is 0 Å². The maximum Gasteiger partial charge on any atom is 0.335 e. The van der Waals surface area contributed by atoms with Crippen molar-refractivity contribution in [3.05, 3.63) is 0 Å². The van der Waals surface area contributed by atoms with Crippen LogP contribution in [-0.2, 0) is 19.0 Å². The Morgan fingerprint density at radius 3 is 2.17 bits per heavy atom. The van der Waals surface area contributed by atoms with Gasteiger partial charge >= 0.3 is 5.97 Å². The van der Waals surface area contributed by atoms with Crippen molar-refractivity contribution in [2.45, 2.75) is 61.3 Å². The van der Waals surface area contributed by atoms with Crippen molar-refractivity contribution >= 4 is 5.97 Å². The minimum atomic E-state index is -1.94. The Kier molecular flexibility index (Phi) is 6.09. The minimum Gasteiger partial charge on any atom is -0.479 e. The number of hydrogen-bond donors (Lipinski definition) is 8. The number of aliphatic hydroxyl groups is 6. The van der Waals surface area contributed by atoms with Gasteiger partial charge in [-0.2, -0.15) is 0 Å². The Morgan fingerprint density at radius 1 is 1.00 bits per heavy atom. The zero-order chi connectivity index (χ0) is 18.2. The first-order chi connectivity index (χ1) is 11.2. The van der Waals surface area contributed by atoms with Crippen LogP contribution in [0.4, 0.5) is 0 Å². The average Bonchev–Trinajstić information content (AvgIpc) is 2.54. The first-order valence-corrected chi connectivity index (χ1v) is 7.15. The Balaban J connectivity index is 2.18. The lowest BCUT2D eigenvalue weighted by Gasteiger charge is -2.45. The van der Waals surface area contributed by atoms with Gasteiger partial charge in [0.25, 0.3) is 0 Å². The number of hydrogen-bond acceptors (Lipinski definition) is 11. The van der Waals surface area contributed by atoms with Gasteiger partial charge < -0.3 is 55.7 Å². The van der Waals surface area contributed by atoms with Crippen LogP contribution in [0.15, 0.2) is 0 Å². The molecule has 2 aliphatic rings. The van der Waals surface area contributed by atoms with Crippen molar-refractivity contribution in [3.63, 3.8) is 0 Å². The van der Waals surface area contributed by atoms with Crippen LogP contribution in [0, 0.1) is 0 Å². The fourth-order valence-corrected chi connectivity index (χ4v) is 2.58. The van der Waals surface area contributed by atoms with Crippen LogP contribution in [-0.4, -0.2) is 110 Å². The van der Waals surface area contributed by atoms with Crippen molar-refractivity contribution in [2.24, 2.45) is 5.73 Å². The number of aliphatic carboxylic acids is 1. The maximum absolute atomic E-state index is 11.2. The fraction of sp³-hybridized carbons (Fsp3) is 0.917. The van der Waals surface area contributed by atoms with Gasteiger partial charge in [0.15, 0.2) is 18.7 Å². The first-order valence-electron chi connectivity index (χ1n) is 7.15. The fourth-order valence-electron chi connectivity index (χ4n) is 2.58. The second kappa shape index (κ2) is 7.53. The topological polar surface area (TPSA) is 212 Å². The van der Waals surface area contributed by atoms with Gasteiger partial charge in [-0.15, -0.1) is 0 Å². The van der Waals surface area contributed by atoms with E-state index in [2.05, 4.69) is 4.74 Å². The van der Waals surface area contributed by atoms with E-state index in [9.17, 15) is 30.3 Å². The monoisotopic (exact) mass is 355 g/mol. The quantitative estimate of drug-likeness (QED) is 0.237. The molecule has 2 rings (SSSR count). The third-order valence-corrected chi connectivity index (χ3v) is 4.03. The molecule has 9 N–H and O–H groups in total. The summed E-state index contributed by atoms with van der Waals surface area (Å²) in [6.07, 6.45) is -15.0. The van der Waals surface area contributed by atoms with E-state index in [0.29, 0.717) is 0 Å². The molecular formula is C12H21NO11. The average molecular weight is 355 g/mol. The van der Waals surface area contributed by atoms with E-state index in [4.69, 9.17) is 25.4 Å². The van der Waals surface area contributed by atoms with Gasteiger partial charge in [-0.3, -0.25) is 0 Å². The predicted octanol–water partition coefficient (Wildman–Crippen LogP) is -5.34. The molecular weight excluding hydrogens is 334 g/mol. The van der Waals surface area contributed by atoms with Gasteiger partial charge in [0.05, 0.1) is 12.6 Å². The summed E-state index contributed by atoms with van der Waals surface area (Å²) < 4.78 is 15.1. The van der Waals surface area contributed by atoms with Crippen LogP contribution in [0.1, 0.15) is 0 Å². The molecule has 0 aromatic rings. The highest BCUT2D eigenvalue weighted by atomic mass is 16.7. The van der Waals surface area contributed by atoms with Crippen molar-refractivity contribution in [2.75, 3.05) is 6.61 Å². The van der Waals surface area contributed by atoms with Crippen LogP contribution in [0.3, 0.4) is 0 Å². The molecule has 12 nitrogen and oxygen atoms in total.